The average Bonchev–Trinajstić information content (AvgIpc) is 3.33. The van der Waals surface area contributed by atoms with Crippen molar-refractivity contribution in [1.29, 1.82) is 0 Å². The summed E-state index contributed by atoms with van der Waals surface area (Å²) in [6.07, 6.45) is 57.8. The van der Waals surface area contributed by atoms with Crippen LogP contribution in [-0.4, -0.2) is 0 Å². The molecule has 0 aliphatic carbocycles. The second kappa shape index (κ2) is 48.4. The zero-order chi connectivity index (χ0) is 55.4. The maximum atomic E-state index is 2.41. The van der Waals surface area contributed by atoms with Crippen molar-refractivity contribution in [3.8, 4) is 0 Å². The molecule has 1 radical (unpaired) electrons. The average molecular weight is 1060 g/mol. The molecule has 0 saturated heterocycles. The molecule has 0 fully saturated rings. The molecule has 0 aromatic carbocycles. The van der Waals surface area contributed by atoms with Crippen molar-refractivity contribution < 1.29 is 17.4 Å². The summed E-state index contributed by atoms with van der Waals surface area (Å²) in [4.78, 5) is 0. The van der Waals surface area contributed by atoms with Crippen LogP contribution >= 0.6 is 0 Å². The predicted molar refractivity (Wildman–Crippen MR) is 337 cm³/mol. The Morgan fingerprint density at radius 2 is 0.233 bits per heavy atom. The van der Waals surface area contributed by atoms with Crippen LogP contribution in [0.1, 0.15) is 415 Å². The van der Waals surface area contributed by atoms with Gasteiger partial charge in [-0.05, 0) is 0 Å². The van der Waals surface area contributed by atoms with E-state index in [0.29, 0.717) is 32.5 Å². The molecule has 0 unspecified atom stereocenters. The van der Waals surface area contributed by atoms with Gasteiger partial charge in [-0.25, -0.2) is 0 Å². The number of hydrogen-bond acceptors (Lipinski definition) is 0. The van der Waals surface area contributed by atoms with E-state index in [1.54, 1.807) is 0 Å². The Morgan fingerprint density at radius 1 is 0.151 bits per heavy atom. The van der Waals surface area contributed by atoms with Gasteiger partial charge in [-0.2, -0.15) is 51.8 Å². The molecule has 0 aromatic heterocycles. The first-order valence-corrected chi connectivity index (χ1v) is 34.3. The van der Waals surface area contributed by atoms with Gasteiger partial charge in [-0.3, -0.25) is 0 Å². The molecule has 0 aromatic rings. The van der Waals surface area contributed by atoms with Crippen LogP contribution in [0.25, 0.3) is 0 Å². The summed E-state index contributed by atoms with van der Waals surface area (Å²) < 4.78 is 0. The van der Waals surface area contributed by atoms with E-state index >= 15 is 0 Å². The molecular formula is C72H147Cr. The van der Waals surface area contributed by atoms with Crippen LogP contribution in [-0.2, 0) is 17.4 Å². The Bertz CT molecular complexity index is 799. The number of rotatable bonds is 48. The van der Waals surface area contributed by atoms with E-state index in [1.165, 1.54) is 270 Å². The van der Waals surface area contributed by atoms with Crippen LogP contribution in [0.4, 0.5) is 0 Å². The van der Waals surface area contributed by atoms with Gasteiger partial charge in [-0.15, -0.1) is 0 Å². The topological polar surface area (TPSA) is 0 Å². The molecule has 0 nitrogen and oxygen atoms in total. The molecule has 73 heavy (non-hydrogen) atoms. The van der Waals surface area contributed by atoms with E-state index < -0.39 is 0 Å². The molecule has 0 N–H and O–H groups in total. The standard InChI is InChI=1S/3C24H49.Cr/c3*1-8-15-22(23(16-9-2,17-10-3)18-11-4)24(19-12-5,20-13-6)21-14-7;/h3*8-21H2,1-7H3;/q3*-1;+3. The maximum absolute atomic E-state index is 2.41. The van der Waals surface area contributed by atoms with E-state index in [-0.39, 0.29) is 17.4 Å². The zero-order valence-corrected chi connectivity index (χ0v) is 56.9. The van der Waals surface area contributed by atoms with Gasteiger partial charge >= 0.3 is 17.4 Å². The summed E-state index contributed by atoms with van der Waals surface area (Å²) in [6.45, 7) is 50.6. The first-order valence-electron chi connectivity index (χ1n) is 34.3. The molecule has 441 valence electrons. The largest absolute Gasteiger partial charge is 3.00 e. The quantitative estimate of drug-likeness (QED) is 0.0533. The molecule has 0 bridgehead atoms. The van der Waals surface area contributed by atoms with Crippen molar-refractivity contribution in [2.45, 2.75) is 415 Å². The van der Waals surface area contributed by atoms with Crippen LogP contribution in [0.3, 0.4) is 0 Å². The third-order valence-electron chi connectivity index (χ3n) is 18.5. The fourth-order valence-corrected chi connectivity index (χ4v) is 17.6. The van der Waals surface area contributed by atoms with Crippen molar-refractivity contribution in [2.75, 3.05) is 0 Å². The predicted octanol–water partition coefficient (Wildman–Crippen LogP) is 27.4. The molecule has 0 heterocycles. The molecule has 0 amide bonds. The van der Waals surface area contributed by atoms with Crippen LogP contribution in [0, 0.1) is 50.2 Å². The number of hydrogen-bond donors (Lipinski definition) is 0. The van der Waals surface area contributed by atoms with Gasteiger partial charge in [0, 0.05) is 0 Å². The van der Waals surface area contributed by atoms with E-state index in [1.807, 2.05) is 17.8 Å². The van der Waals surface area contributed by atoms with Crippen molar-refractivity contribution in [3.63, 3.8) is 0 Å². The summed E-state index contributed by atoms with van der Waals surface area (Å²) in [5.41, 5.74) is 3.13. The fraction of sp³-hybridized carbons (Fsp3) is 0.958. The molecule has 0 atom stereocenters. The Morgan fingerprint density at radius 3 is 0.288 bits per heavy atom. The van der Waals surface area contributed by atoms with Crippen LogP contribution < -0.4 is 0 Å². The minimum absolute atomic E-state index is 0. The third-order valence-corrected chi connectivity index (χ3v) is 18.5. The van der Waals surface area contributed by atoms with Crippen molar-refractivity contribution >= 4 is 0 Å². The van der Waals surface area contributed by atoms with E-state index in [0.717, 1.165) is 0 Å². The monoisotopic (exact) mass is 1060 g/mol. The Hall–Kier alpha value is 0.532. The minimum Gasteiger partial charge on any atom is -0.301 e. The molecular weight excluding hydrogens is 917 g/mol. The van der Waals surface area contributed by atoms with Gasteiger partial charge in [0.25, 0.3) is 0 Å². The second-order valence-electron chi connectivity index (χ2n) is 24.9. The van der Waals surface area contributed by atoms with E-state index in [9.17, 15) is 0 Å². The zero-order valence-electron chi connectivity index (χ0n) is 55.6. The summed E-state index contributed by atoms with van der Waals surface area (Å²) in [5, 5.41) is 0. The van der Waals surface area contributed by atoms with E-state index in [2.05, 4.69) is 145 Å². The van der Waals surface area contributed by atoms with Gasteiger partial charge in [0.05, 0.1) is 0 Å². The minimum atomic E-state index is 0. The van der Waals surface area contributed by atoms with Gasteiger partial charge in [0.1, 0.15) is 0 Å². The summed E-state index contributed by atoms with van der Waals surface area (Å²) in [7, 11) is 0. The Kier molecular flexibility index (Phi) is 53.1. The van der Waals surface area contributed by atoms with Crippen LogP contribution in [0.5, 0.6) is 0 Å². The third kappa shape index (κ3) is 26.1. The normalized spacial score (nSPS) is 12.8. The Labute approximate surface area is 480 Å². The van der Waals surface area contributed by atoms with Crippen molar-refractivity contribution in [3.05, 3.63) is 17.8 Å². The van der Waals surface area contributed by atoms with Gasteiger partial charge < -0.3 is 17.8 Å². The fourth-order valence-electron chi connectivity index (χ4n) is 17.6. The molecule has 0 aliphatic rings. The van der Waals surface area contributed by atoms with Gasteiger partial charge in [0.15, 0.2) is 0 Å². The molecule has 1 heteroatoms. The molecule has 0 rings (SSSR count). The van der Waals surface area contributed by atoms with Crippen LogP contribution in [0.15, 0.2) is 0 Å². The molecule has 0 saturated carbocycles. The first kappa shape index (κ1) is 80.0. The maximum Gasteiger partial charge on any atom is 3.00 e. The molecule has 0 spiro atoms. The second-order valence-corrected chi connectivity index (χ2v) is 24.9. The van der Waals surface area contributed by atoms with Crippen molar-refractivity contribution in [1.82, 2.24) is 0 Å². The van der Waals surface area contributed by atoms with Crippen molar-refractivity contribution in [2.24, 2.45) is 32.5 Å². The smallest absolute Gasteiger partial charge is 0.301 e. The molecule has 0 aliphatic heterocycles. The Balaban J connectivity index is -0.000000486. The SMILES string of the molecule is CCC[C-](C(CCC)(CCC)CCC)C(CCC)(CCC)CCC.CCC[C-](C(CCC)(CCC)CCC)C(CCC)(CCC)CCC.CCC[C-](C(CCC)(CCC)CCC)C(CCC)(CCC)CCC.[Cr+3]. The van der Waals surface area contributed by atoms with Gasteiger partial charge in [-0.1, -0.05) is 396 Å². The summed E-state index contributed by atoms with van der Waals surface area (Å²) in [5.74, 6) is 6.02. The van der Waals surface area contributed by atoms with Gasteiger partial charge in [0.2, 0.25) is 0 Å². The summed E-state index contributed by atoms with van der Waals surface area (Å²) in [6, 6.07) is 0. The summed E-state index contributed by atoms with van der Waals surface area (Å²) >= 11 is 0. The first-order chi connectivity index (χ1) is 34.7. The van der Waals surface area contributed by atoms with E-state index in [4.69, 9.17) is 0 Å². The van der Waals surface area contributed by atoms with Crippen LogP contribution in [0.2, 0.25) is 0 Å².